The first kappa shape index (κ1) is 18.5. The fraction of sp³-hybridized carbons (Fsp3) is 0.467. The van der Waals surface area contributed by atoms with Gasteiger partial charge >= 0.3 is 5.97 Å². The van der Waals surface area contributed by atoms with Gasteiger partial charge in [-0.25, -0.2) is 9.78 Å². The molecule has 0 saturated carbocycles. The third kappa shape index (κ3) is 4.36. The Labute approximate surface area is 149 Å². The predicted octanol–water partition coefficient (Wildman–Crippen LogP) is 1.62. The van der Waals surface area contributed by atoms with Gasteiger partial charge in [0, 0.05) is 33.1 Å². The number of ether oxygens (including phenoxy) is 1. The van der Waals surface area contributed by atoms with Crippen molar-refractivity contribution in [1.82, 2.24) is 14.8 Å². The third-order valence-corrected chi connectivity index (χ3v) is 4.19. The second kappa shape index (κ2) is 7.81. The third-order valence-electron chi connectivity index (χ3n) is 3.67. The van der Waals surface area contributed by atoms with Crippen LogP contribution >= 0.6 is 23.2 Å². The molecule has 0 aromatic carbocycles. The maximum Gasteiger partial charge on any atom is 0.359 e. The number of hydrogen-bond donors (Lipinski definition) is 0. The molecule has 2 heterocycles. The van der Waals surface area contributed by atoms with Gasteiger partial charge < -0.3 is 14.5 Å². The fourth-order valence-corrected chi connectivity index (χ4v) is 2.66. The van der Waals surface area contributed by atoms with Gasteiger partial charge in [0.15, 0.2) is 11.8 Å². The van der Waals surface area contributed by atoms with Crippen LogP contribution in [0.3, 0.4) is 0 Å². The van der Waals surface area contributed by atoms with Gasteiger partial charge in [0.05, 0.1) is 5.02 Å². The Morgan fingerprint density at radius 1 is 1.12 bits per heavy atom. The summed E-state index contributed by atoms with van der Waals surface area (Å²) >= 11 is 11.6. The molecular weight excluding hydrogens is 357 g/mol. The molecule has 130 valence electrons. The van der Waals surface area contributed by atoms with Crippen molar-refractivity contribution in [2.45, 2.75) is 20.0 Å². The molecule has 0 spiro atoms. The monoisotopic (exact) mass is 373 g/mol. The van der Waals surface area contributed by atoms with E-state index in [1.54, 1.807) is 9.80 Å². The van der Waals surface area contributed by atoms with E-state index in [0.29, 0.717) is 26.2 Å². The molecule has 2 rings (SSSR count). The molecule has 0 radical (unpaired) electrons. The van der Waals surface area contributed by atoms with Gasteiger partial charge in [-0.2, -0.15) is 0 Å². The SMILES string of the molecule is CC(=O)N1CCN(C(=O)C(C)OC(=O)c2nc(Cl)ccc2Cl)CC1. The van der Waals surface area contributed by atoms with E-state index in [1.807, 2.05) is 0 Å². The lowest BCUT2D eigenvalue weighted by Gasteiger charge is -2.35. The number of halogens is 2. The van der Waals surface area contributed by atoms with Gasteiger partial charge in [-0.1, -0.05) is 23.2 Å². The molecule has 1 aromatic rings. The Hall–Kier alpha value is -1.86. The zero-order valence-electron chi connectivity index (χ0n) is 13.3. The molecule has 1 saturated heterocycles. The van der Waals surface area contributed by atoms with Crippen LogP contribution in [0, 0.1) is 0 Å². The average Bonchev–Trinajstić information content (AvgIpc) is 2.56. The van der Waals surface area contributed by atoms with Crippen LogP contribution in [-0.4, -0.2) is 64.9 Å². The zero-order valence-corrected chi connectivity index (χ0v) is 14.8. The van der Waals surface area contributed by atoms with Crippen LogP contribution in [0.5, 0.6) is 0 Å². The average molecular weight is 374 g/mol. The molecule has 7 nitrogen and oxygen atoms in total. The van der Waals surface area contributed by atoms with E-state index in [4.69, 9.17) is 27.9 Å². The van der Waals surface area contributed by atoms with E-state index in [-0.39, 0.29) is 27.7 Å². The summed E-state index contributed by atoms with van der Waals surface area (Å²) in [5.74, 6) is -1.17. The molecule has 1 aromatic heterocycles. The van der Waals surface area contributed by atoms with Gasteiger partial charge in [0.1, 0.15) is 5.15 Å². The molecule has 1 aliphatic heterocycles. The normalized spacial score (nSPS) is 15.8. The lowest BCUT2D eigenvalue weighted by Crippen LogP contribution is -2.52. The highest BCUT2D eigenvalue weighted by molar-refractivity contribution is 6.34. The van der Waals surface area contributed by atoms with Gasteiger partial charge in [0.2, 0.25) is 5.91 Å². The van der Waals surface area contributed by atoms with Gasteiger partial charge in [-0.05, 0) is 19.1 Å². The van der Waals surface area contributed by atoms with Crippen molar-refractivity contribution < 1.29 is 19.1 Å². The minimum Gasteiger partial charge on any atom is -0.448 e. The van der Waals surface area contributed by atoms with E-state index < -0.39 is 12.1 Å². The molecule has 1 aliphatic rings. The molecule has 0 aliphatic carbocycles. The Balaban J connectivity index is 1.95. The van der Waals surface area contributed by atoms with Crippen molar-refractivity contribution in [3.8, 4) is 0 Å². The highest BCUT2D eigenvalue weighted by atomic mass is 35.5. The summed E-state index contributed by atoms with van der Waals surface area (Å²) in [6, 6.07) is 2.88. The van der Waals surface area contributed by atoms with Crippen molar-refractivity contribution in [2.24, 2.45) is 0 Å². The van der Waals surface area contributed by atoms with Crippen LogP contribution in [0.25, 0.3) is 0 Å². The van der Waals surface area contributed by atoms with Crippen molar-refractivity contribution in [3.63, 3.8) is 0 Å². The van der Waals surface area contributed by atoms with Gasteiger partial charge in [-0.3, -0.25) is 9.59 Å². The quantitative estimate of drug-likeness (QED) is 0.594. The Kier molecular flexibility index (Phi) is 6.01. The van der Waals surface area contributed by atoms with Gasteiger partial charge in [0.25, 0.3) is 5.91 Å². The molecule has 9 heteroatoms. The van der Waals surface area contributed by atoms with E-state index in [2.05, 4.69) is 4.98 Å². The first-order valence-corrected chi connectivity index (χ1v) is 8.12. The molecule has 0 bridgehead atoms. The second-order valence-electron chi connectivity index (χ2n) is 5.34. The molecule has 1 fully saturated rings. The van der Waals surface area contributed by atoms with Gasteiger partial charge in [-0.15, -0.1) is 0 Å². The number of carbonyl (C=O) groups excluding carboxylic acids is 3. The summed E-state index contributed by atoms with van der Waals surface area (Å²) in [5.41, 5.74) is -0.134. The Bertz CT molecular complexity index is 660. The second-order valence-corrected chi connectivity index (χ2v) is 6.14. The molecule has 2 amide bonds. The number of aromatic nitrogens is 1. The maximum atomic E-state index is 12.4. The number of piperazine rings is 1. The summed E-state index contributed by atoms with van der Waals surface area (Å²) in [6.45, 7) is 4.69. The summed E-state index contributed by atoms with van der Waals surface area (Å²) in [4.78, 5) is 42.8. The molecular formula is C15H17Cl2N3O4. The first-order chi connectivity index (χ1) is 11.3. The number of amides is 2. The van der Waals surface area contributed by atoms with Crippen molar-refractivity contribution in [3.05, 3.63) is 28.0 Å². The minimum atomic E-state index is -0.988. The van der Waals surface area contributed by atoms with Crippen LogP contribution in [0.2, 0.25) is 10.2 Å². The topological polar surface area (TPSA) is 79.8 Å². The molecule has 0 N–H and O–H groups in total. The van der Waals surface area contributed by atoms with Crippen LogP contribution in [-0.2, 0) is 14.3 Å². The van der Waals surface area contributed by atoms with Crippen LogP contribution in [0.1, 0.15) is 24.3 Å². The standard InChI is InChI=1S/C15H17Cl2N3O4/c1-9(14(22)20-7-5-19(6-8-20)10(2)21)24-15(23)13-11(16)3-4-12(17)18-13/h3-4,9H,5-8H2,1-2H3. The van der Waals surface area contributed by atoms with Crippen molar-refractivity contribution >= 4 is 41.0 Å². The largest absolute Gasteiger partial charge is 0.448 e. The molecule has 24 heavy (non-hydrogen) atoms. The summed E-state index contributed by atoms with van der Waals surface area (Å²) < 4.78 is 5.15. The van der Waals surface area contributed by atoms with Crippen molar-refractivity contribution in [2.75, 3.05) is 26.2 Å². The van der Waals surface area contributed by atoms with Crippen LogP contribution < -0.4 is 0 Å². The number of nitrogens with zero attached hydrogens (tertiary/aromatic N) is 3. The summed E-state index contributed by atoms with van der Waals surface area (Å²) in [5, 5.41) is 0.199. The zero-order chi connectivity index (χ0) is 17.9. The fourth-order valence-electron chi connectivity index (χ4n) is 2.33. The predicted molar refractivity (Wildman–Crippen MR) is 88.0 cm³/mol. The Morgan fingerprint density at radius 3 is 2.29 bits per heavy atom. The smallest absolute Gasteiger partial charge is 0.359 e. The van der Waals surface area contributed by atoms with E-state index in [1.165, 1.54) is 26.0 Å². The van der Waals surface area contributed by atoms with E-state index in [0.717, 1.165) is 0 Å². The molecule has 1 atom stereocenters. The highest BCUT2D eigenvalue weighted by Gasteiger charge is 2.29. The highest BCUT2D eigenvalue weighted by Crippen LogP contribution is 2.18. The van der Waals surface area contributed by atoms with E-state index in [9.17, 15) is 14.4 Å². The van der Waals surface area contributed by atoms with Crippen molar-refractivity contribution in [1.29, 1.82) is 0 Å². The number of carbonyl (C=O) groups is 3. The maximum absolute atomic E-state index is 12.4. The lowest BCUT2D eigenvalue weighted by atomic mass is 10.2. The minimum absolute atomic E-state index is 0.0248. The number of rotatable bonds is 3. The first-order valence-electron chi connectivity index (χ1n) is 7.37. The van der Waals surface area contributed by atoms with Crippen LogP contribution in [0.4, 0.5) is 0 Å². The van der Waals surface area contributed by atoms with E-state index >= 15 is 0 Å². The van der Waals surface area contributed by atoms with Crippen LogP contribution in [0.15, 0.2) is 12.1 Å². The Morgan fingerprint density at radius 2 is 1.71 bits per heavy atom. The summed E-state index contributed by atoms with van der Waals surface area (Å²) in [6.07, 6.45) is -0.988. The number of hydrogen-bond acceptors (Lipinski definition) is 5. The number of esters is 1. The lowest BCUT2D eigenvalue weighted by molar-refractivity contribution is -0.144. The number of pyridine rings is 1. The molecule has 1 unspecified atom stereocenters. The summed E-state index contributed by atoms with van der Waals surface area (Å²) in [7, 11) is 0.